The highest BCUT2D eigenvalue weighted by Crippen LogP contribution is 2.28. The van der Waals surface area contributed by atoms with E-state index in [0.717, 1.165) is 74.7 Å². The Hall–Kier alpha value is -3.95. The van der Waals surface area contributed by atoms with Gasteiger partial charge >= 0.3 is 17.9 Å². The maximum atomic E-state index is 12.8. The summed E-state index contributed by atoms with van der Waals surface area (Å²) in [5.74, 6) is 0.491. The zero-order chi connectivity index (χ0) is 35.4. The molecule has 0 bridgehead atoms. The van der Waals surface area contributed by atoms with Gasteiger partial charge in [0.25, 0.3) is 0 Å². The highest BCUT2D eigenvalue weighted by Gasteiger charge is 2.23. The van der Waals surface area contributed by atoms with Crippen LogP contribution in [0.5, 0.6) is 11.5 Å². The van der Waals surface area contributed by atoms with Crippen molar-refractivity contribution in [1.29, 1.82) is 0 Å². The quantitative estimate of drug-likeness (QED) is 0.0523. The molecule has 268 valence electrons. The smallest absolute Gasteiger partial charge is 0.343 e. The molecule has 0 N–H and O–H groups in total. The van der Waals surface area contributed by atoms with Gasteiger partial charge in [0.05, 0.1) is 38.6 Å². The first kappa shape index (κ1) is 39.5. The standard InChI is InChI=1S/C40H54O9/c1-29(2)37(41)45-24-14-9-7-6-8-12-16-32-27-47-40(48-28-32)34-19-17-33(18-20-34)39(43)49-35-21-22-36(31(5)26-35)44-23-13-10-11-15-25-46-38(42)30(3)4/h17-22,26,32,40H,1,3,6-16,23-25,27-28H2,2,4-5H3. The highest BCUT2D eigenvalue weighted by atomic mass is 16.7. The Balaban J connectivity index is 1.27. The van der Waals surface area contributed by atoms with Crippen molar-refractivity contribution in [1.82, 2.24) is 0 Å². The van der Waals surface area contributed by atoms with E-state index in [0.29, 0.717) is 61.4 Å². The molecule has 0 saturated carbocycles. The van der Waals surface area contributed by atoms with Gasteiger partial charge in [-0.2, -0.15) is 0 Å². The minimum atomic E-state index is -0.443. The van der Waals surface area contributed by atoms with Crippen molar-refractivity contribution in [2.45, 2.75) is 97.7 Å². The molecular formula is C40H54O9. The lowest BCUT2D eigenvalue weighted by Gasteiger charge is -2.29. The second-order valence-corrected chi connectivity index (χ2v) is 12.8. The largest absolute Gasteiger partial charge is 0.493 e. The lowest BCUT2D eigenvalue weighted by atomic mass is 10.0. The van der Waals surface area contributed by atoms with E-state index in [1.165, 1.54) is 12.8 Å². The molecule has 3 rings (SSSR count). The van der Waals surface area contributed by atoms with Gasteiger partial charge < -0.3 is 28.4 Å². The molecule has 0 radical (unpaired) electrons. The van der Waals surface area contributed by atoms with Crippen molar-refractivity contribution in [2.24, 2.45) is 5.92 Å². The summed E-state index contributed by atoms with van der Waals surface area (Å²) in [7, 11) is 0. The van der Waals surface area contributed by atoms with Gasteiger partial charge in [0.15, 0.2) is 6.29 Å². The zero-order valence-electron chi connectivity index (χ0n) is 29.6. The fourth-order valence-electron chi connectivity index (χ4n) is 5.25. The highest BCUT2D eigenvalue weighted by molar-refractivity contribution is 5.91. The predicted molar refractivity (Wildman–Crippen MR) is 189 cm³/mol. The number of carbonyl (C=O) groups excluding carboxylic acids is 3. The van der Waals surface area contributed by atoms with Crippen LogP contribution in [0.3, 0.4) is 0 Å². The van der Waals surface area contributed by atoms with Crippen molar-refractivity contribution in [3.8, 4) is 11.5 Å². The number of esters is 3. The first-order chi connectivity index (χ1) is 23.6. The van der Waals surface area contributed by atoms with Crippen molar-refractivity contribution in [3.63, 3.8) is 0 Å². The number of hydrogen-bond acceptors (Lipinski definition) is 9. The molecule has 0 spiro atoms. The number of carbonyl (C=O) groups is 3. The van der Waals surface area contributed by atoms with Crippen LogP contribution < -0.4 is 9.47 Å². The molecule has 0 atom stereocenters. The summed E-state index contributed by atoms with van der Waals surface area (Å²) >= 11 is 0. The molecule has 0 unspecified atom stereocenters. The second kappa shape index (κ2) is 21.9. The van der Waals surface area contributed by atoms with Gasteiger partial charge in [0, 0.05) is 22.6 Å². The van der Waals surface area contributed by atoms with E-state index in [1.54, 1.807) is 38.1 Å². The van der Waals surface area contributed by atoms with E-state index in [2.05, 4.69) is 13.2 Å². The molecule has 2 aromatic carbocycles. The summed E-state index contributed by atoms with van der Waals surface area (Å²) in [5.41, 5.74) is 3.05. The van der Waals surface area contributed by atoms with E-state index in [4.69, 9.17) is 28.4 Å². The van der Waals surface area contributed by atoms with E-state index in [1.807, 2.05) is 25.1 Å². The van der Waals surface area contributed by atoms with E-state index >= 15 is 0 Å². The fourth-order valence-corrected chi connectivity index (χ4v) is 5.25. The summed E-state index contributed by atoms with van der Waals surface area (Å²) in [6.45, 7) is 15.1. The van der Waals surface area contributed by atoms with Crippen molar-refractivity contribution >= 4 is 17.9 Å². The average Bonchev–Trinajstić information content (AvgIpc) is 3.09. The maximum absolute atomic E-state index is 12.8. The summed E-state index contributed by atoms with van der Waals surface area (Å²) in [4.78, 5) is 35.6. The number of ether oxygens (including phenoxy) is 6. The summed E-state index contributed by atoms with van der Waals surface area (Å²) < 4.78 is 33.8. The lowest BCUT2D eigenvalue weighted by molar-refractivity contribution is -0.206. The Labute approximate surface area is 291 Å². The van der Waals surface area contributed by atoms with Crippen LogP contribution in [0.25, 0.3) is 0 Å². The van der Waals surface area contributed by atoms with Crippen LogP contribution in [-0.4, -0.2) is 50.9 Å². The summed E-state index contributed by atoms with van der Waals surface area (Å²) in [6, 6.07) is 12.5. The summed E-state index contributed by atoms with van der Waals surface area (Å²) in [6.07, 6.45) is 10.8. The van der Waals surface area contributed by atoms with Crippen LogP contribution in [0.4, 0.5) is 0 Å². The number of unbranched alkanes of at least 4 members (excludes halogenated alkanes) is 8. The Morgan fingerprint density at radius 2 is 1.24 bits per heavy atom. The molecule has 1 fully saturated rings. The molecule has 2 aromatic rings. The van der Waals surface area contributed by atoms with Crippen molar-refractivity contribution in [3.05, 3.63) is 83.5 Å². The third-order valence-electron chi connectivity index (χ3n) is 8.21. The van der Waals surface area contributed by atoms with Gasteiger partial charge in [-0.3, -0.25) is 0 Å². The SMILES string of the molecule is C=C(C)C(=O)OCCCCCCCCC1COC(c2ccc(C(=O)Oc3ccc(OCCCCCCOC(=O)C(=C)C)c(C)c3)cc2)OC1. The number of rotatable bonds is 22. The number of aryl methyl sites for hydroxylation is 1. The molecule has 9 heteroatoms. The van der Waals surface area contributed by atoms with Crippen LogP contribution in [0.2, 0.25) is 0 Å². The van der Waals surface area contributed by atoms with Crippen LogP contribution in [0, 0.1) is 12.8 Å². The molecule has 1 saturated heterocycles. The number of benzene rings is 2. The van der Waals surface area contributed by atoms with Gasteiger partial charge in [-0.15, -0.1) is 0 Å². The summed E-state index contributed by atoms with van der Waals surface area (Å²) in [5, 5.41) is 0. The molecule has 0 aromatic heterocycles. The van der Waals surface area contributed by atoms with Crippen molar-refractivity contribution < 1.29 is 42.8 Å². The first-order valence-electron chi connectivity index (χ1n) is 17.6. The molecule has 1 aliphatic rings. The van der Waals surface area contributed by atoms with Crippen LogP contribution >= 0.6 is 0 Å². The Bertz CT molecular complexity index is 1360. The first-order valence-corrected chi connectivity index (χ1v) is 17.6. The normalized spacial score (nSPS) is 15.7. The third-order valence-corrected chi connectivity index (χ3v) is 8.21. The Kier molecular flexibility index (Phi) is 17.7. The average molecular weight is 679 g/mol. The molecular weight excluding hydrogens is 624 g/mol. The van der Waals surface area contributed by atoms with Gasteiger partial charge in [-0.25, -0.2) is 14.4 Å². The third kappa shape index (κ3) is 15.0. The molecule has 49 heavy (non-hydrogen) atoms. The van der Waals surface area contributed by atoms with E-state index in [9.17, 15) is 14.4 Å². The number of hydrogen-bond donors (Lipinski definition) is 0. The lowest BCUT2D eigenvalue weighted by Crippen LogP contribution is -2.27. The Morgan fingerprint density at radius 1 is 0.714 bits per heavy atom. The molecule has 1 aliphatic heterocycles. The topological polar surface area (TPSA) is 107 Å². The molecule has 0 amide bonds. The molecule has 9 nitrogen and oxygen atoms in total. The van der Waals surface area contributed by atoms with Crippen molar-refractivity contribution in [2.75, 3.05) is 33.0 Å². The van der Waals surface area contributed by atoms with Crippen LogP contribution in [-0.2, 0) is 28.5 Å². The zero-order valence-corrected chi connectivity index (χ0v) is 29.6. The van der Waals surface area contributed by atoms with Crippen LogP contribution in [0.1, 0.15) is 112 Å². The monoisotopic (exact) mass is 678 g/mol. The van der Waals surface area contributed by atoms with Crippen LogP contribution in [0.15, 0.2) is 66.8 Å². The predicted octanol–water partition coefficient (Wildman–Crippen LogP) is 8.78. The van der Waals surface area contributed by atoms with E-state index in [-0.39, 0.29) is 11.9 Å². The van der Waals surface area contributed by atoms with Gasteiger partial charge in [0.2, 0.25) is 0 Å². The maximum Gasteiger partial charge on any atom is 0.343 e. The van der Waals surface area contributed by atoms with Gasteiger partial charge in [-0.1, -0.05) is 57.4 Å². The molecule has 0 aliphatic carbocycles. The minimum Gasteiger partial charge on any atom is -0.493 e. The fraction of sp³-hybridized carbons (Fsp3) is 0.525. The van der Waals surface area contributed by atoms with Gasteiger partial charge in [-0.05, 0) is 95.2 Å². The van der Waals surface area contributed by atoms with Gasteiger partial charge in [0.1, 0.15) is 11.5 Å². The molecule has 1 heterocycles. The minimum absolute atomic E-state index is 0.310. The van der Waals surface area contributed by atoms with E-state index < -0.39 is 12.3 Å². The second-order valence-electron chi connectivity index (χ2n) is 12.8. The Morgan fingerprint density at radius 3 is 1.80 bits per heavy atom.